The van der Waals surface area contributed by atoms with Gasteiger partial charge in [0, 0.05) is 6.42 Å². The predicted molar refractivity (Wildman–Crippen MR) is 58.6 cm³/mol. The number of ether oxygens (including phenoxy) is 1. The number of hydrogen-bond donors (Lipinski definition) is 2. The van der Waals surface area contributed by atoms with Crippen molar-refractivity contribution < 1.29 is 9.13 Å². The summed E-state index contributed by atoms with van der Waals surface area (Å²) in [4.78, 5) is 0. The van der Waals surface area contributed by atoms with E-state index in [1.54, 1.807) is 18.2 Å². The molecule has 0 saturated carbocycles. The smallest absolute Gasteiger partial charge is 0.131 e. The first-order valence-electron chi connectivity index (χ1n) is 4.48. The Hall–Kier alpha value is -1.29. The van der Waals surface area contributed by atoms with Crippen LogP contribution in [0.3, 0.4) is 0 Å². The minimum absolute atomic E-state index is 0.157. The summed E-state index contributed by atoms with van der Waals surface area (Å²) in [6.07, 6.45) is 0.309. The first-order chi connectivity index (χ1) is 7.16. The Morgan fingerprint density at radius 1 is 1.53 bits per heavy atom. The number of benzene rings is 1. The summed E-state index contributed by atoms with van der Waals surface area (Å²) in [5.41, 5.74) is 5.72. The van der Waals surface area contributed by atoms with Crippen LogP contribution in [0.25, 0.3) is 0 Å². The largest absolute Gasteiger partial charge is 0.493 e. The number of amidine groups is 1. The Morgan fingerprint density at radius 2 is 2.27 bits per heavy atom. The molecule has 1 aromatic rings. The Morgan fingerprint density at radius 3 is 2.87 bits per heavy atom. The highest BCUT2D eigenvalue weighted by Gasteiger charge is 2.10. The quantitative estimate of drug-likeness (QED) is 0.464. The van der Waals surface area contributed by atoms with E-state index in [9.17, 15) is 4.39 Å². The second-order valence-electron chi connectivity index (χ2n) is 2.92. The molecular formula is C10H12ClFN2O. The third-order valence-corrected chi connectivity index (χ3v) is 2.10. The molecular weight excluding hydrogens is 219 g/mol. The molecule has 0 fully saturated rings. The monoisotopic (exact) mass is 230 g/mol. The van der Waals surface area contributed by atoms with E-state index in [1.165, 1.54) is 0 Å². The van der Waals surface area contributed by atoms with E-state index < -0.39 is 6.67 Å². The van der Waals surface area contributed by atoms with E-state index >= 15 is 0 Å². The zero-order chi connectivity index (χ0) is 11.3. The lowest BCUT2D eigenvalue weighted by atomic mass is 10.2. The van der Waals surface area contributed by atoms with Crippen LogP contribution in [0, 0.1) is 5.41 Å². The lowest BCUT2D eigenvalue weighted by molar-refractivity contribution is 0.289. The summed E-state index contributed by atoms with van der Waals surface area (Å²) in [6, 6.07) is 4.97. The Bertz CT molecular complexity index is 357. The lowest BCUT2D eigenvalue weighted by Crippen LogP contribution is -2.14. The molecule has 0 radical (unpaired) electrons. The molecule has 3 N–H and O–H groups in total. The van der Waals surface area contributed by atoms with E-state index in [-0.39, 0.29) is 12.4 Å². The molecule has 0 aliphatic heterocycles. The molecule has 3 nitrogen and oxygen atoms in total. The molecule has 82 valence electrons. The SMILES string of the molecule is N=C(N)c1c(Cl)cccc1OCCCF. The van der Waals surface area contributed by atoms with Gasteiger partial charge in [0.15, 0.2) is 0 Å². The van der Waals surface area contributed by atoms with Crippen molar-refractivity contribution in [2.24, 2.45) is 5.73 Å². The van der Waals surface area contributed by atoms with Gasteiger partial charge in [-0.1, -0.05) is 17.7 Å². The van der Waals surface area contributed by atoms with Gasteiger partial charge in [-0.05, 0) is 12.1 Å². The predicted octanol–water partition coefficient (Wildman–Crippen LogP) is 2.36. The standard InChI is InChI=1S/C10H12ClFN2O/c11-7-3-1-4-8(9(7)10(13)14)15-6-2-5-12/h1,3-4H,2,5-6H2,(H3,13,14). The highest BCUT2D eigenvalue weighted by Crippen LogP contribution is 2.25. The summed E-state index contributed by atoms with van der Waals surface area (Å²) >= 11 is 5.86. The zero-order valence-corrected chi connectivity index (χ0v) is 8.85. The van der Waals surface area contributed by atoms with E-state index in [0.29, 0.717) is 22.8 Å². The van der Waals surface area contributed by atoms with Crippen molar-refractivity contribution in [3.8, 4) is 5.75 Å². The highest BCUT2D eigenvalue weighted by atomic mass is 35.5. The van der Waals surface area contributed by atoms with Crippen LogP contribution in [0.1, 0.15) is 12.0 Å². The van der Waals surface area contributed by atoms with Crippen molar-refractivity contribution >= 4 is 17.4 Å². The van der Waals surface area contributed by atoms with Gasteiger partial charge in [0.2, 0.25) is 0 Å². The first kappa shape index (κ1) is 11.8. The minimum Gasteiger partial charge on any atom is -0.493 e. The number of alkyl halides is 1. The van der Waals surface area contributed by atoms with Crippen LogP contribution in [0.2, 0.25) is 5.02 Å². The molecule has 0 aliphatic carbocycles. The summed E-state index contributed by atoms with van der Waals surface area (Å²) in [5.74, 6) is 0.263. The molecule has 0 spiro atoms. The molecule has 0 amide bonds. The molecule has 0 heterocycles. The number of nitrogens with one attached hydrogen (secondary N) is 1. The van der Waals surface area contributed by atoms with Crippen LogP contribution in [-0.2, 0) is 0 Å². The number of halogens is 2. The van der Waals surface area contributed by atoms with Gasteiger partial charge in [0.05, 0.1) is 23.9 Å². The molecule has 0 aromatic heterocycles. The summed E-state index contributed by atoms with van der Waals surface area (Å²) < 4.78 is 17.1. The van der Waals surface area contributed by atoms with Crippen LogP contribution in [0.4, 0.5) is 4.39 Å². The normalized spacial score (nSPS) is 10.0. The van der Waals surface area contributed by atoms with E-state index in [4.69, 9.17) is 27.5 Å². The van der Waals surface area contributed by atoms with Gasteiger partial charge in [0.1, 0.15) is 11.6 Å². The number of hydrogen-bond acceptors (Lipinski definition) is 2. The maximum absolute atomic E-state index is 11.9. The zero-order valence-electron chi connectivity index (χ0n) is 8.09. The van der Waals surface area contributed by atoms with Crippen molar-refractivity contribution in [1.82, 2.24) is 0 Å². The maximum Gasteiger partial charge on any atom is 0.131 e. The molecule has 1 aromatic carbocycles. The Balaban J connectivity index is 2.86. The summed E-state index contributed by atoms with van der Waals surface area (Å²) in [6.45, 7) is -0.187. The van der Waals surface area contributed by atoms with Gasteiger partial charge in [-0.15, -0.1) is 0 Å². The average Bonchev–Trinajstić information content (AvgIpc) is 2.17. The third-order valence-electron chi connectivity index (χ3n) is 1.78. The minimum atomic E-state index is -0.435. The van der Waals surface area contributed by atoms with Gasteiger partial charge >= 0.3 is 0 Å². The second-order valence-corrected chi connectivity index (χ2v) is 3.32. The fourth-order valence-corrected chi connectivity index (χ4v) is 1.39. The van der Waals surface area contributed by atoms with Crippen molar-refractivity contribution in [3.63, 3.8) is 0 Å². The lowest BCUT2D eigenvalue weighted by Gasteiger charge is -2.10. The third kappa shape index (κ3) is 3.09. The van der Waals surface area contributed by atoms with E-state index in [0.717, 1.165) is 0 Å². The van der Waals surface area contributed by atoms with Gasteiger partial charge < -0.3 is 10.5 Å². The summed E-state index contributed by atoms with van der Waals surface area (Å²) in [7, 11) is 0. The van der Waals surface area contributed by atoms with Crippen LogP contribution < -0.4 is 10.5 Å². The molecule has 0 saturated heterocycles. The van der Waals surface area contributed by atoms with E-state index in [2.05, 4.69) is 0 Å². The Labute approximate surface area is 92.5 Å². The van der Waals surface area contributed by atoms with E-state index in [1.807, 2.05) is 0 Å². The number of nitrogen functional groups attached to an aromatic ring is 1. The maximum atomic E-state index is 11.9. The van der Waals surface area contributed by atoms with Gasteiger partial charge in [-0.25, -0.2) is 0 Å². The van der Waals surface area contributed by atoms with Crippen LogP contribution >= 0.6 is 11.6 Å². The van der Waals surface area contributed by atoms with Crippen molar-refractivity contribution in [3.05, 3.63) is 28.8 Å². The molecule has 5 heteroatoms. The molecule has 0 atom stereocenters. The number of rotatable bonds is 5. The first-order valence-corrected chi connectivity index (χ1v) is 4.86. The fraction of sp³-hybridized carbons (Fsp3) is 0.300. The number of nitrogens with two attached hydrogens (primary N) is 1. The van der Waals surface area contributed by atoms with Crippen LogP contribution in [0.5, 0.6) is 5.75 Å². The molecule has 1 rings (SSSR count). The van der Waals surface area contributed by atoms with Crippen molar-refractivity contribution in [2.75, 3.05) is 13.3 Å². The molecule has 0 unspecified atom stereocenters. The molecule has 15 heavy (non-hydrogen) atoms. The fourth-order valence-electron chi connectivity index (χ4n) is 1.12. The average molecular weight is 231 g/mol. The molecule has 0 bridgehead atoms. The Kier molecular flexibility index (Phi) is 4.37. The van der Waals surface area contributed by atoms with Crippen molar-refractivity contribution in [2.45, 2.75) is 6.42 Å². The van der Waals surface area contributed by atoms with Gasteiger partial charge in [-0.2, -0.15) is 0 Å². The second kappa shape index (κ2) is 5.56. The van der Waals surface area contributed by atoms with Crippen LogP contribution in [-0.4, -0.2) is 19.1 Å². The highest BCUT2D eigenvalue weighted by molar-refractivity contribution is 6.34. The molecule has 0 aliphatic rings. The van der Waals surface area contributed by atoms with Crippen molar-refractivity contribution in [1.29, 1.82) is 5.41 Å². The summed E-state index contributed by atoms with van der Waals surface area (Å²) in [5, 5.41) is 7.70. The van der Waals surface area contributed by atoms with Gasteiger partial charge in [0.25, 0.3) is 0 Å². The van der Waals surface area contributed by atoms with Crippen LogP contribution in [0.15, 0.2) is 18.2 Å². The van der Waals surface area contributed by atoms with Gasteiger partial charge in [-0.3, -0.25) is 9.80 Å². The topological polar surface area (TPSA) is 59.1 Å².